The largest absolute Gasteiger partial charge is 0.441 e. The van der Waals surface area contributed by atoms with Crippen molar-refractivity contribution in [3.63, 3.8) is 0 Å². The minimum atomic E-state index is -0.740. The molecule has 0 saturated carbocycles. The third kappa shape index (κ3) is 5.72. The van der Waals surface area contributed by atoms with Crippen molar-refractivity contribution in [2.75, 3.05) is 25.6 Å². The molecule has 106 valence electrons. The summed E-state index contributed by atoms with van der Waals surface area (Å²) in [6, 6.07) is 9.09. The van der Waals surface area contributed by atoms with Crippen molar-refractivity contribution in [3.05, 3.63) is 30.3 Å². The maximum Gasteiger partial charge on any atom is 0.412 e. The summed E-state index contributed by atoms with van der Waals surface area (Å²) in [6.07, 6.45) is 0.571. The van der Waals surface area contributed by atoms with Crippen LogP contribution in [0.2, 0.25) is 0 Å². The normalized spacial score (nSPS) is 13.6. The number of carbonyl (C=O) groups is 1. The molecular formula is C14H21NO4. The van der Waals surface area contributed by atoms with E-state index >= 15 is 0 Å². The molecule has 5 heteroatoms. The lowest BCUT2D eigenvalue weighted by Crippen LogP contribution is -2.38. The van der Waals surface area contributed by atoms with Gasteiger partial charge in [0.05, 0.1) is 6.61 Å². The van der Waals surface area contributed by atoms with Crippen LogP contribution in [-0.4, -0.2) is 37.1 Å². The van der Waals surface area contributed by atoms with Crippen LogP contribution in [0.15, 0.2) is 30.3 Å². The lowest BCUT2D eigenvalue weighted by atomic mass is 10.0. The Kier molecular flexibility index (Phi) is 6.32. The zero-order valence-electron chi connectivity index (χ0n) is 11.4. The summed E-state index contributed by atoms with van der Waals surface area (Å²) in [5.41, 5.74) is -0.0643. The van der Waals surface area contributed by atoms with Gasteiger partial charge in [-0.05, 0) is 31.9 Å². The molecule has 0 fully saturated rings. The first-order valence-electron chi connectivity index (χ1n) is 6.24. The maximum absolute atomic E-state index is 11.8. The van der Waals surface area contributed by atoms with Gasteiger partial charge in [-0.2, -0.15) is 0 Å². The molecule has 0 saturated heterocycles. The molecule has 5 nitrogen and oxygen atoms in total. The quantitative estimate of drug-likeness (QED) is 0.796. The van der Waals surface area contributed by atoms with E-state index < -0.39 is 11.7 Å². The Morgan fingerprint density at radius 2 is 2.05 bits per heavy atom. The Morgan fingerprint density at radius 1 is 1.37 bits per heavy atom. The Bertz CT molecular complexity index is 382. The van der Waals surface area contributed by atoms with Crippen molar-refractivity contribution in [2.24, 2.45) is 0 Å². The van der Waals surface area contributed by atoms with Gasteiger partial charge in [0.2, 0.25) is 0 Å². The van der Waals surface area contributed by atoms with Crippen LogP contribution in [0.1, 0.15) is 19.8 Å². The van der Waals surface area contributed by atoms with Gasteiger partial charge in [0, 0.05) is 19.4 Å². The number of aliphatic hydroxyl groups excluding tert-OH is 1. The predicted octanol–water partition coefficient (Wildman–Crippen LogP) is 2.41. The van der Waals surface area contributed by atoms with Crippen molar-refractivity contribution in [1.29, 1.82) is 0 Å². The first-order chi connectivity index (χ1) is 9.09. The molecule has 0 aliphatic carbocycles. The molecule has 2 N–H and O–H groups in total. The zero-order valence-corrected chi connectivity index (χ0v) is 11.4. The average molecular weight is 267 g/mol. The fourth-order valence-electron chi connectivity index (χ4n) is 1.80. The first-order valence-corrected chi connectivity index (χ1v) is 6.24. The smallest absolute Gasteiger partial charge is 0.412 e. The monoisotopic (exact) mass is 267 g/mol. The minimum absolute atomic E-state index is 0.0585. The van der Waals surface area contributed by atoms with Gasteiger partial charge in [0.25, 0.3) is 0 Å². The summed E-state index contributed by atoms with van der Waals surface area (Å²) in [5, 5.41) is 11.5. The molecule has 1 atom stereocenters. The summed E-state index contributed by atoms with van der Waals surface area (Å²) >= 11 is 0. The highest BCUT2D eigenvalue weighted by Gasteiger charge is 2.28. The third-order valence-electron chi connectivity index (χ3n) is 2.67. The highest BCUT2D eigenvalue weighted by Crippen LogP contribution is 2.19. The summed E-state index contributed by atoms with van der Waals surface area (Å²) in [4.78, 5) is 11.8. The molecule has 1 unspecified atom stereocenters. The number of amides is 1. The second-order valence-corrected chi connectivity index (χ2v) is 4.59. The summed E-state index contributed by atoms with van der Waals surface area (Å²) < 4.78 is 10.5. The molecule has 1 aromatic rings. The van der Waals surface area contributed by atoms with Crippen molar-refractivity contribution in [1.82, 2.24) is 0 Å². The van der Waals surface area contributed by atoms with Gasteiger partial charge >= 0.3 is 6.09 Å². The molecule has 0 aromatic heterocycles. The van der Waals surface area contributed by atoms with Crippen LogP contribution in [0.3, 0.4) is 0 Å². The van der Waals surface area contributed by atoms with Crippen LogP contribution < -0.4 is 5.32 Å². The molecule has 1 amide bonds. The van der Waals surface area contributed by atoms with Crippen molar-refractivity contribution in [3.8, 4) is 0 Å². The topological polar surface area (TPSA) is 67.8 Å². The second-order valence-electron chi connectivity index (χ2n) is 4.59. The van der Waals surface area contributed by atoms with Crippen LogP contribution in [0.4, 0.5) is 10.5 Å². The molecule has 1 rings (SSSR count). The SMILES string of the molecule is COCC(C)(CCCO)OC(=O)Nc1ccccc1. The van der Waals surface area contributed by atoms with E-state index in [0.717, 1.165) is 0 Å². The van der Waals surface area contributed by atoms with E-state index in [1.165, 1.54) is 0 Å². The number of anilines is 1. The van der Waals surface area contributed by atoms with Gasteiger partial charge in [-0.25, -0.2) is 4.79 Å². The van der Waals surface area contributed by atoms with Crippen LogP contribution in [-0.2, 0) is 9.47 Å². The highest BCUT2D eigenvalue weighted by atomic mass is 16.6. The molecule has 0 heterocycles. The van der Waals surface area contributed by atoms with Crippen LogP contribution >= 0.6 is 0 Å². The summed E-state index contributed by atoms with van der Waals surface area (Å²) in [6.45, 7) is 2.13. The summed E-state index contributed by atoms with van der Waals surface area (Å²) in [7, 11) is 1.55. The molecule has 0 aliphatic heterocycles. The fraction of sp³-hybridized carbons (Fsp3) is 0.500. The lowest BCUT2D eigenvalue weighted by molar-refractivity contribution is -0.0339. The maximum atomic E-state index is 11.8. The number of ether oxygens (including phenoxy) is 2. The van der Waals surface area contributed by atoms with Gasteiger partial charge in [0.1, 0.15) is 5.60 Å². The molecule has 19 heavy (non-hydrogen) atoms. The number of nitrogens with one attached hydrogen (secondary N) is 1. The van der Waals surface area contributed by atoms with Crippen LogP contribution in [0.5, 0.6) is 0 Å². The predicted molar refractivity (Wildman–Crippen MR) is 73.1 cm³/mol. The van der Waals surface area contributed by atoms with Crippen LogP contribution in [0, 0.1) is 0 Å². The van der Waals surface area contributed by atoms with E-state index in [0.29, 0.717) is 18.5 Å². The van der Waals surface area contributed by atoms with Gasteiger partial charge in [0.15, 0.2) is 0 Å². The highest BCUT2D eigenvalue weighted by molar-refractivity contribution is 5.84. The molecule has 0 aliphatic rings. The van der Waals surface area contributed by atoms with Crippen molar-refractivity contribution in [2.45, 2.75) is 25.4 Å². The molecule has 0 bridgehead atoms. The summed E-state index contributed by atoms with van der Waals surface area (Å²) in [5.74, 6) is 0. The van der Waals surface area contributed by atoms with E-state index in [2.05, 4.69) is 5.32 Å². The van der Waals surface area contributed by atoms with Gasteiger partial charge in [-0.1, -0.05) is 18.2 Å². The molecular weight excluding hydrogens is 246 g/mol. The van der Waals surface area contributed by atoms with Crippen molar-refractivity contribution >= 4 is 11.8 Å². The van der Waals surface area contributed by atoms with E-state index in [4.69, 9.17) is 14.6 Å². The van der Waals surface area contributed by atoms with Gasteiger partial charge in [-0.3, -0.25) is 5.32 Å². The standard InChI is InChI=1S/C14H21NO4/c1-14(11-18-2,9-6-10-16)19-13(17)15-12-7-4-3-5-8-12/h3-5,7-8,16H,6,9-11H2,1-2H3,(H,15,17). The average Bonchev–Trinajstić information content (AvgIpc) is 2.37. The Hall–Kier alpha value is -1.59. The number of methoxy groups -OCH3 is 1. The van der Waals surface area contributed by atoms with Crippen LogP contribution in [0.25, 0.3) is 0 Å². The van der Waals surface area contributed by atoms with E-state index in [1.807, 2.05) is 18.2 Å². The van der Waals surface area contributed by atoms with Gasteiger partial charge in [-0.15, -0.1) is 0 Å². The van der Waals surface area contributed by atoms with E-state index in [1.54, 1.807) is 26.2 Å². The number of carbonyl (C=O) groups excluding carboxylic acids is 1. The second kappa shape index (κ2) is 7.76. The first kappa shape index (κ1) is 15.5. The molecule has 0 radical (unpaired) electrons. The van der Waals surface area contributed by atoms with E-state index in [-0.39, 0.29) is 13.2 Å². The minimum Gasteiger partial charge on any atom is -0.441 e. The number of hydrogen-bond donors (Lipinski definition) is 2. The number of hydrogen-bond acceptors (Lipinski definition) is 4. The number of rotatable bonds is 7. The zero-order chi connectivity index (χ0) is 14.1. The molecule has 0 spiro atoms. The fourth-order valence-corrected chi connectivity index (χ4v) is 1.80. The molecule has 1 aromatic carbocycles. The third-order valence-corrected chi connectivity index (χ3v) is 2.67. The Morgan fingerprint density at radius 3 is 2.63 bits per heavy atom. The lowest BCUT2D eigenvalue weighted by Gasteiger charge is -2.28. The Labute approximate surface area is 113 Å². The van der Waals surface area contributed by atoms with Gasteiger partial charge < -0.3 is 14.6 Å². The Balaban J connectivity index is 2.55. The number of benzene rings is 1. The van der Waals surface area contributed by atoms with Crippen molar-refractivity contribution < 1.29 is 19.4 Å². The number of para-hydroxylation sites is 1. The number of aliphatic hydroxyl groups is 1. The van der Waals surface area contributed by atoms with E-state index in [9.17, 15) is 4.79 Å².